The number of hydrogen-bond donors (Lipinski definition) is 1. The molecule has 4 heteroatoms. The van der Waals surface area contributed by atoms with E-state index in [-0.39, 0.29) is 0 Å². The summed E-state index contributed by atoms with van der Waals surface area (Å²) in [5.41, 5.74) is 1.17. The molecule has 2 atom stereocenters. The van der Waals surface area contributed by atoms with Crippen molar-refractivity contribution in [2.45, 2.75) is 24.6 Å². The number of thioether (sulfide) groups is 1. The van der Waals surface area contributed by atoms with Crippen LogP contribution in [0.4, 0.5) is 5.69 Å². The van der Waals surface area contributed by atoms with Gasteiger partial charge >= 0.3 is 0 Å². The molecule has 100 valence electrons. The maximum absolute atomic E-state index is 5.54. The second kappa shape index (κ2) is 6.90. The molecule has 2 unspecified atom stereocenters. The molecule has 1 aromatic rings. The van der Waals surface area contributed by atoms with E-state index in [0.717, 1.165) is 5.75 Å². The zero-order chi connectivity index (χ0) is 12.8. The lowest BCUT2D eigenvalue weighted by Crippen LogP contribution is -2.24. The van der Waals surface area contributed by atoms with Crippen molar-refractivity contribution in [1.82, 2.24) is 0 Å². The molecule has 3 nitrogen and oxygen atoms in total. The zero-order valence-corrected chi connectivity index (χ0v) is 11.8. The SMILES string of the molecule is COCCOc1ccc(NC2CCSC2C)cc1. The Kier molecular flexibility index (Phi) is 5.20. The second-order valence-electron chi connectivity index (χ2n) is 4.48. The predicted octanol–water partition coefficient (Wildman–Crippen LogP) is 3.02. The van der Waals surface area contributed by atoms with Crippen LogP contribution in [0, 0.1) is 0 Å². The highest BCUT2D eigenvalue weighted by atomic mass is 32.2. The Labute approximate surface area is 113 Å². The third kappa shape index (κ3) is 3.82. The molecule has 2 rings (SSSR count). The molecule has 0 aliphatic carbocycles. The molecule has 18 heavy (non-hydrogen) atoms. The molecule has 1 aromatic carbocycles. The molecular weight excluding hydrogens is 246 g/mol. The van der Waals surface area contributed by atoms with E-state index in [4.69, 9.17) is 9.47 Å². The third-order valence-corrected chi connectivity index (χ3v) is 4.46. The van der Waals surface area contributed by atoms with Gasteiger partial charge in [0.05, 0.1) is 6.61 Å². The number of anilines is 1. The Bertz CT molecular complexity index is 355. The standard InChI is InChI=1S/C14H21NO2S/c1-11-14(7-10-18-11)15-12-3-5-13(6-4-12)17-9-8-16-2/h3-6,11,14-15H,7-10H2,1-2H3. The monoisotopic (exact) mass is 267 g/mol. The van der Waals surface area contributed by atoms with Gasteiger partial charge in [0.25, 0.3) is 0 Å². The van der Waals surface area contributed by atoms with Gasteiger partial charge in [-0.1, -0.05) is 6.92 Å². The van der Waals surface area contributed by atoms with E-state index in [2.05, 4.69) is 24.4 Å². The van der Waals surface area contributed by atoms with Crippen LogP contribution in [0.1, 0.15) is 13.3 Å². The Morgan fingerprint density at radius 3 is 2.67 bits per heavy atom. The highest BCUT2D eigenvalue weighted by Gasteiger charge is 2.23. The molecule has 1 saturated heterocycles. The highest BCUT2D eigenvalue weighted by Crippen LogP contribution is 2.29. The summed E-state index contributed by atoms with van der Waals surface area (Å²) < 4.78 is 10.5. The fraction of sp³-hybridized carbons (Fsp3) is 0.571. The summed E-state index contributed by atoms with van der Waals surface area (Å²) in [6.45, 7) is 3.51. The van der Waals surface area contributed by atoms with Gasteiger partial charge in [0.2, 0.25) is 0 Å². The quantitative estimate of drug-likeness (QED) is 0.803. The van der Waals surface area contributed by atoms with Crippen molar-refractivity contribution < 1.29 is 9.47 Å². The first kappa shape index (κ1) is 13.6. The topological polar surface area (TPSA) is 30.5 Å². The Balaban J connectivity index is 1.83. The van der Waals surface area contributed by atoms with Crippen molar-refractivity contribution in [2.24, 2.45) is 0 Å². The third-order valence-electron chi connectivity index (χ3n) is 3.14. The fourth-order valence-corrected chi connectivity index (χ4v) is 3.22. The average molecular weight is 267 g/mol. The van der Waals surface area contributed by atoms with Gasteiger partial charge in [-0.05, 0) is 36.4 Å². The first-order valence-corrected chi connectivity index (χ1v) is 7.44. The van der Waals surface area contributed by atoms with Crippen molar-refractivity contribution in [1.29, 1.82) is 0 Å². The molecule has 0 spiro atoms. The largest absolute Gasteiger partial charge is 0.491 e. The maximum atomic E-state index is 5.54. The smallest absolute Gasteiger partial charge is 0.119 e. The Morgan fingerprint density at radius 1 is 1.28 bits per heavy atom. The molecule has 1 N–H and O–H groups in total. The number of nitrogens with one attached hydrogen (secondary N) is 1. The van der Waals surface area contributed by atoms with Crippen molar-refractivity contribution in [2.75, 3.05) is 31.4 Å². The summed E-state index contributed by atoms with van der Waals surface area (Å²) in [7, 11) is 1.68. The summed E-state index contributed by atoms with van der Waals surface area (Å²) in [6, 6.07) is 8.76. The number of methoxy groups -OCH3 is 1. The van der Waals surface area contributed by atoms with Crippen LogP contribution in [0.5, 0.6) is 5.75 Å². The van der Waals surface area contributed by atoms with Crippen LogP contribution in [-0.4, -0.2) is 37.4 Å². The summed E-state index contributed by atoms with van der Waals surface area (Å²) in [5.74, 6) is 2.16. The van der Waals surface area contributed by atoms with Crippen LogP contribution in [-0.2, 0) is 4.74 Å². The van der Waals surface area contributed by atoms with Gasteiger partial charge in [-0.2, -0.15) is 11.8 Å². The van der Waals surface area contributed by atoms with Crippen molar-refractivity contribution >= 4 is 17.4 Å². The van der Waals surface area contributed by atoms with Gasteiger partial charge in [-0.3, -0.25) is 0 Å². The second-order valence-corrected chi connectivity index (χ2v) is 5.97. The van der Waals surface area contributed by atoms with Gasteiger partial charge in [0.15, 0.2) is 0 Å². The molecule has 0 saturated carbocycles. The number of ether oxygens (including phenoxy) is 2. The minimum absolute atomic E-state index is 0.593. The molecular formula is C14H21NO2S. The van der Waals surface area contributed by atoms with E-state index in [1.165, 1.54) is 17.9 Å². The van der Waals surface area contributed by atoms with Gasteiger partial charge in [-0.25, -0.2) is 0 Å². The first-order valence-electron chi connectivity index (χ1n) is 6.39. The molecule has 0 aromatic heterocycles. The number of benzene rings is 1. The molecule has 1 heterocycles. The van der Waals surface area contributed by atoms with Gasteiger partial charge in [0.1, 0.15) is 12.4 Å². The molecule has 0 bridgehead atoms. The van der Waals surface area contributed by atoms with Gasteiger partial charge < -0.3 is 14.8 Å². The van der Waals surface area contributed by atoms with Crippen LogP contribution in [0.25, 0.3) is 0 Å². The van der Waals surface area contributed by atoms with Crippen LogP contribution in [0.15, 0.2) is 24.3 Å². The fourth-order valence-electron chi connectivity index (χ4n) is 2.03. The van der Waals surface area contributed by atoms with E-state index in [1.54, 1.807) is 7.11 Å². The molecule has 0 radical (unpaired) electrons. The van der Waals surface area contributed by atoms with Gasteiger partial charge in [0, 0.05) is 24.1 Å². The van der Waals surface area contributed by atoms with E-state index in [9.17, 15) is 0 Å². The minimum Gasteiger partial charge on any atom is -0.491 e. The van der Waals surface area contributed by atoms with E-state index in [1.807, 2.05) is 23.9 Å². The summed E-state index contributed by atoms with van der Waals surface area (Å²) in [5, 5.41) is 4.28. The lowest BCUT2D eigenvalue weighted by atomic mass is 10.1. The van der Waals surface area contributed by atoms with E-state index >= 15 is 0 Å². The van der Waals surface area contributed by atoms with Crippen LogP contribution < -0.4 is 10.1 Å². The summed E-state index contributed by atoms with van der Waals surface area (Å²) in [4.78, 5) is 0. The Morgan fingerprint density at radius 2 is 2.06 bits per heavy atom. The molecule has 1 aliphatic rings. The van der Waals surface area contributed by atoms with Crippen LogP contribution in [0.3, 0.4) is 0 Å². The highest BCUT2D eigenvalue weighted by molar-refractivity contribution is 8.00. The van der Waals surface area contributed by atoms with Crippen molar-refractivity contribution in [3.63, 3.8) is 0 Å². The molecule has 0 amide bonds. The van der Waals surface area contributed by atoms with Crippen LogP contribution in [0.2, 0.25) is 0 Å². The molecule has 1 fully saturated rings. The average Bonchev–Trinajstić information content (AvgIpc) is 2.78. The maximum Gasteiger partial charge on any atom is 0.119 e. The minimum atomic E-state index is 0.593. The van der Waals surface area contributed by atoms with E-state index in [0.29, 0.717) is 24.5 Å². The predicted molar refractivity (Wildman–Crippen MR) is 77.8 cm³/mol. The number of hydrogen-bond acceptors (Lipinski definition) is 4. The molecule has 1 aliphatic heterocycles. The van der Waals surface area contributed by atoms with Crippen LogP contribution >= 0.6 is 11.8 Å². The van der Waals surface area contributed by atoms with Crippen molar-refractivity contribution in [3.8, 4) is 5.75 Å². The number of rotatable bonds is 6. The van der Waals surface area contributed by atoms with E-state index < -0.39 is 0 Å². The normalized spacial score (nSPS) is 23.0. The lowest BCUT2D eigenvalue weighted by Gasteiger charge is -2.18. The lowest BCUT2D eigenvalue weighted by molar-refractivity contribution is 0.146. The first-order chi connectivity index (χ1) is 8.79. The Hall–Kier alpha value is -0.870. The van der Waals surface area contributed by atoms with Gasteiger partial charge in [-0.15, -0.1) is 0 Å². The summed E-state index contributed by atoms with van der Waals surface area (Å²) >= 11 is 2.04. The van der Waals surface area contributed by atoms with Crippen molar-refractivity contribution in [3.05, 3.63) is 24.3 Å². The summed E-state index contributed by atoms with van der Waals surface area (Å²) in [6.07, 6.45) is 1.25. The zero-order valence-electron chi connectivity index (χ0n) is 11.0.